The minimum absolute atomic E-state index is 0.0219. The molecule has 1 saturated heterocycles. The summed E-state index contributed by atoms with van der Waals surface area (Å²) in [4.78, 5) is 56.2. The van der Waals surface area contributed by atoms with E-state index < -0.39 is 42.0 Å². The number of hydrogen-bond acceptors (Lipinski definition) is 7. The first-order valence-electron chi connectivity index (χ1n) is 13.9. The number of rotatable bonds is 13. The molecule has 3 rings (SSSR count). The maximum Gasteiger partial charge on any atom is 0.326 e. The van der Waals surface area contributed by atoms with Crippen LogP contribution < -0.4 is 21.3 Å². The predicted molar refractivity (Wildman–Crippen MR) is 152 cm³/mol. The van der Waals surface area contributed by atoms with Crippen LogP contribution in [0, 0.1) is 5.41 Å². The molecule has 224 valence electrons. The third-order valence-electron chi connectivity index (χ3n) is 6.99. The first-order valence-corrected chi connectivity index (χ1v) is 13.9. The van der Waals surface area contributed by atoms with Gasteiger partial charge in [-0.25, -0.2) is 9.78 Å². The first kappa shape index (κ1) is 31.6. The summed E-state index contributed by atoms with van der Waals surface area (Å²) in [5.41, 5.74) is 1.10. The Balaban J connectivity index is 1.81. The van der Waals surface area contributed by atoms with Crippen molar-refractivity contribution in [3.8, 4) is 5.75 Å². The number of benzene rings is 1. The van der Waals surface area contributed by atoms with Gasteiger partial charge < -0.3 is 36.0 Å². The third kappa shape index (κ3) is 10.2. The Morgan fingerprint density at radius 1 is 1.02 bits per heavy atom. The zero-order chi connectivity index (χ0) is 30.2. The van der Waals surface area contributed by atoms with E-state index in [-0.39, 0.29) is 36.3 Å². The molecule has 4 atom stereocenters. The van der Waals surface area contributed by atoms with Crippen LogP contribution in [0.4, 0.5) is 0 Å². The summed E-state index contributed by atoms with van der Waals surface area (Å²) >= 11 is 0. The smallest absolute Gasteiger partial charge is 0.326 e. The minimum atomic E-state index is -1.16. The Kier molecular flexibility index (Phi) is 10.9. The molecule has 1 aliphatic heterocycles. The molecule has 0 saturated carbocycles. The molecular weight excluding hydrogens is 528 g/mol. The third-order valence-corrected chi connectivity index (χ3v) is 6.99. The second-order valence-electron chi connectivity index (χ2n) is 11.9. The lowest BCUT2D eigenvalue weighted by molar-refractivity contribution is -0.142. The number of carbonyl (C=O) groups excluding carboxylic acids is 3. The molecule has 1 aromatic carbocycles. The van der Waals surface area contributed by atoms with Gasteiger partial charge in [0.25, 0.3) is 0 Å². The molecule has 0 spiro atoms. The molecule has 6 N–H and O–H groups in total. The number of carboxylic acids is 1. The van der Waals surface area contributed by atoms with Crippen LogP contribution in [0.2, 0.25) is 0 Å². The maximum atomic E-state index is 13.6. The Labute approximate surface area is 240 Å². The van der Waals surface area contributed by atoms with Crippen molar-refractivity contribution in [1.29, 1.82) is 0 Å². The van der Waals surface area contributed by atoms with Crippen LogP contribution in [-0.4, -0.2) is 74.2 Å². The molecule has 1 aromatic heterocycles. The van der Waals surface area contributed by atoms with Crippen molar-refractivity contribution in [2.75, 3.05) is 6.54 Å². The number of carboxylic acid groups (broad SMARTS) is 1. The van der Waals surface area contributed by atoms with E-state index in [1.54, 1.807) is 36.3 Å². The highest BCUT2D eigenvalue weighted by molar-refractivity contribution is 5.94. The number of hydrogen-bond donors (Lipinski definition) is 6. The van der Waals surface area contributed by atoms with E-state index in [1.165, 1.54) is 12.1 Å². The molecule has 12 heteroatoms. The van der Waals surface area contributed by atoms with Gasteiger partial charge in [0, 0.05) is 26.1 Å². The largest absolute Gasteiger partial charge is 0.508 e. The number of aromatic hydroxyl groups is 1. The second kappa shape index (κ2) is 14.1. The molecule has 2 aromatic rings. The number of nitrogens with zero attached hydrogens (tertiary/aromatic N) is 2. The highest BCUT2D eigenvalue weighted by Gasteiger charge is 2.32. The monoisotopic (exact) mass is 570 g/mol. The van der Waals surface area contributed by atoms with Crippen molar-refractivity contribution in [1.82, 2.24) is 30.8 Å². The van der Waals surface area contributed by atoms with Crippen LogP contribution >= 0.6 is 0 Å². The van der Waals surface area contributed by atoms with Crippen molar-refractivity contribution in [3.63, 3.8) is 0 Å². The first-order chi connectivity index (χ1) is 19.3. The lowest BCUT2D eigenvalue weighted by atomic mass is 9.88. The topological polar surface area (TPSA) is 175 Å². The van der Waals surface area contributed by atoms with E-state index in [0.717, 1.165) is 6.42 Å². The summed E-state index contributed by atoms with van der Waals surface area (Å²) in [7, 11) is 1.78. The molecule has 0 aliphatic carbocycles. The Morgan fingerprint density at radius 2 is 1.66 bits per heavy atom. The van der Waals surface area contributed by atoms with E-state index in [9.17, 15) is 29.4 Å². The van der Waals surface area contributed by atoms with Gasteiger partial charge in [-0.15, -0.1) is 0 Å². The van der Waals surface area contributed by atoms with Gasteiger partial charge in [0.05, 0.1) is 18.1 Å². The fraction of sp³-hybridized carbons (Fsp3) is 0.552. The SMILES string of the molecule is Cn1cnc(CC(NC(=O)C(Cc2ccc(O)cc2)NC(=O)[C@@H]2CCCN2)C(=O)NC(CCC(C)(C)C)C(=O)O)c1. The van der Waals surface area contributed by atoms with Crippen LogP contribution in [0.5, 0.6) is 5.75 Å². The summed E-state index contributed by atoms with van der Waals surface area (Å²) in [6.07, 6.45) is 5.70. The summed E-state index contributed by atoms with van der Waals surface area (Å²) in [5, 5.41) is 30.7. The molecule has 12 nitrogen and oxygen atoms in total. The predicted octanol–water partition coefficient (Wildman–Crippen LogP) is 1.03. The number of nitrogens with one attached hydrogen (secondary N) is 4. The van der Waals surface area contributed by atoms with E-state index in [1.807, 2.05) is 20.8 Å². The van der Waals surface area contributed by atoms with E-state index >= 15 is 0 Å². The average molecular weight is 571 g/mol. The lowest BCUT2D eigenvalue weighted by Crippen LogP contribution is -2.58. The molecule has 2 heterocycles. The number of carbonyl (C=O) groups is 4. The van der Waals surface area contributed by atoms with Crippen molar-refractivity contribution >= 4 is 23.7 Å². The quantitative estimate of drug-likeness (QED) is 0.207. The van der Waals surface area contributed by atoms with Crippen molar-refractivity contribution < 1.29 is 29.4 Å². The van der Waals surface area contributed by atoms with Gasteiger partial charge in [-0.2, -0.15) is 0 Å². The molecule has 1 fully saturated rings. The molecule has 3 unspecified atom stereocenters. The van der Waals surface area contributed by atoms with E-state index in [2.05, 4.69) is 26.3 Å². The summed E-state index contributed by atoms with van der Waals surface area (Å²) in [5.74, 6) is -2.66. The second-order valence-corrected chi connectivity index (χ2v) is 11.9. The lowest BCUT2D eigenvalue weighted by Gasteiger charge is -2.26. The van der Waals surface area contributed by atoms with Gasteiger partial charge in [0.1, 0.15) is 23.9 Å². The van der Waals surface area contributed by atoms with Crippen LogP contribution in [0.25, 0.3) is 0 Å². The number of aliphatic carboxylic acids is 1. The highest BCUT2D eigenvalue weighted by atomic mass is 16.4. The van der Waals surface area contributed by atoms with Crippen molar-refractivity contribution in [3.05, 3.63) is 48.0 Å². The van der Waals surface area contributed by atoms with Gasteiger partial charge >= 0.3 is 5.97 Å². The molecule has 0 radical (unpaired) electrons. The minimum Gasteiger partial charge on any atom is -0.508 e. The Hall–Kier alpha value is -3.93. The van der Waals surface area contributed by atoms with Crippen LogP contribution in [-0.2, 0) is 39.1 Å². The number of phenols is 1. The molecule has 41 heavy (non-hydrogen) atoms. The Bertz CT molecular complexity index is 1200. The van der Waals surface area contributed by atoms with Crippen LogP contribution in [0.15, 0.2) is 36.8 Å². The summed E-state index contributed by atoms with van der Waals surface area (Å²) < 4.78 is 1.71. The fourth-order valence-electron chi connectivity index (χ4n) is 4.63. The standard InChI is InChI=1S/C29H42N6O6/c1-29(2,3)12-11-22(28(40)41)32-27(39)24(15-19-16-35(4)17-31-19)34-26(38)23(14-18-7-9-20(36)10-8-18)33-25(37)21-6-5-13-30-21/h7-10,16-17,21-24,30,36H,5-6,11-15H2,1-4H3,(H,32,39)(H,33,37)(H,34,38)(H,40,41)/t21-,22?,23?,24?/m0/s1. The van der Waals surface area contributed by atoms with E-state index in [0.29, 0.717) is 30.6 Å². The summed E-state index contributed by atoms with van der Waals surface area (Å²) in [6.45, 7) is 6.67. The van der Waals surface area contributed by atoms with Gasteiger partial charge in [0.15, 0.2) is 0 Å². The Morgan fingerprint density at radius 3 is 2.20 bits per heavy atom. The zero-order valence-electron chi connectivity index (χ0n) is 24.1. The normalized spacial score (nSPS) is 17.3. The number of amides is 3. The summed E-state index contributed by atoms with van der Waals surface area (Å²) in [6, 6.07) is 2.57. The average Bonchev–Trinajstić information content (AvgIpc) is 3.58. The molecular formula is C29H42N6O6. The molecule has 0 bridgehead atoms. The maximum absolute atomic E-state index is 13.6. The van der Waals surface area contributed by atoms with Crippen molar-refractivity contribution in [2.24, 2.45) is 12.5 Å². The van der Waals surface area contributed by atoms with E-state index in [4.69, 9.17) is 0 Å². The molecule has 3 amide bonds. The number of aromatic nitrogens is 2. The number of phenolic OH excluding ortho intramolecular Hbond substituents is 1. The van der Waals surface area contributed by atoms with Crippen LogP contribution in [0.3, 0.4) is 0 Å². The van der Waals surface area contributed by atoms with Crippen molar-refractivity contribution in [2.45, 2.75) is 83.5 Å². The number of aryl methyl sites for hydroxylation is 1. The number of imidazole rings is 1. The zero-order valence-corrected chi connectivity index (χ0v) is 24.1. The van der Waals surface area contributed by atoms with Gasteiger partial charge in [0.2, 0.25) is 17.7 Å². The molecule has 1 aliphatic rings. The van der Waals surface area contributed by atoms with Gasteiger partial charge in [-0.3, -0.25) is 14.4 Å². The van der Waals surface area contributed by atoms with Crippen LogP contribution in [0.1, 0.15) is 57.7 Å². The highest BCUT2D eigenvalue weighted by Crippen LogP contribution is 2.22. The van der Waals surface area contributed by atoms with Gasteiger partial charge in [-0.05, 0) is 55.3 Å². The van der Waals surface area contributed by atoms with Gasteiger partial charge in [-0.1, -0.05) is 32.9 Å². The fourth-order valence-corrected chi connectivity index (χ4v) is 4.63.